The molecule has 0 radical (unpaired) electrons. The van der Waals surface area contributed by atoms with Crippen LogP contribution >= 0.6 is 0 Å². The number of rotatable bonds is 13. The molecule has 4 aromatic carbocycles. The smallest absolute Gasteiger partial charge is 0.407 e. The molecule has 10 rings (SSSR count). The zero-order chi connectivity index (χ0) is 46.0. The molecule has 4 aliphatic heterocycles. The minimum absolute atomic E-state index is 0.00432. The van der Waals surface area contributed by atoms with Crippen molar-refractivity contribution in [1.29, 1.82) is 0 Å². The van der Waals surface area contributed by atoms with Gasteiger partial charge in [-0.1, -0.05) is 62.4 Å². The highest BCUT2D eigenvalue weighted by Crippen LogP contribution is 2.51. The number of piperidine rings is 1. The second-order valence-electron chi connectivity index (χ2n) is 18.0. The number of methoxy groups -OCH3 is 1. The van der Waals surface area contributed by atoms with E-state index in [1.165, 1.54) is 12.0 Å². The Hall–Kier alpha value is -6.92. The standard InChI is InChI=1S/C48H48F2N8O8/c1-24(2)38(56-47(63)64-3)41(59)48-17-30(20-57(48)23-48)42-51-18-35(53-42)28-9-11-31-29(14-28)22-65-37-16-32-27(15-33(31)37)10-12-34-40(32)54-43(52-34)36-13-25(21-66-45(49)50)19-58(36)44(60)39(55-46(61)62)26-7-5-4-6-8-26/h4-12,14-16,18,24-25,30,36,38-39,45,55H,13,17,19-23H2,1-3H3,(H,51,53)(H,52,54)(H,56,63)(H,61,62)/t25-,30-,36-,38?,39+,48?,57?/m0/s1. The molecule has 3 saturated heterocycles. The number of aromatic amines is 2. The Balaban J connectivity index is 0.895. The number of alkyl halides is 2. The van der Waals surface area contributed by atoms with E-state index in [1.807, 2.05) is 38.2 Å². The Morgan fingerprint density at radius 3 is 2.56 bits per heavy atom. The van der Waals surface area contributed by atoms with Crippen molar-refractivity contribution in [2.45, 2.75) is 69.5 Å². The van der Waals surface area contributed by atoms with Gasteiger partial charge >= 0.3 is 18.8 Å². The fourth-order valence-electron chi connectivity index (χ4n) is 10.3. The summed E-state index contributed by atoms with van der Waals surface area (Å²) in [6.45, 7) is 2.28. The Bertz CT molecular complexity index is 2890. The maximum Gasteiger partial charge on any atom is 0.407 e. The Morgan fingerprint density at radius 2 is 1.80 bits per heavy atom. The summed E-state index contributed by atoms with van der Waals surface area (Å²) in [5, 5.41) is 16.5. The first-order valence-corrected chi connectivity index (χ1v) is 22.0. The molecule has 0 bridgehead atoms. The second kappa shape index (κ2) is 16.8. The number of H-pyrrole nitrogens is 2. The molecule has 0 aliphatic carbocycles. The highest BCUT2D eigenvalue weighted by molar-refractivity contribution is 6.07. The molecule has 18 heteroatoms. The van der Waals surface area contributed by atoms with Gasteiger partial charge in [-0.3, -0.25) is 14.5 Å². The van der Waals surface area contributed by atoms with Crippen molar-refractivity contribution in [2.24, 2.45) is 11.8 Å². The molecular weight excluding hydrogens is 855 g/mol. The summed E-state index contributed by atoms with van der Waals surface area (Å²) in [6, 6.07) is 20.0. The number of halogens is 2. The number of Topliss-reactive ketones (excluding diaryl/α,β-unsaturated/α-hetero) is 1. The second-order valence-corrected chi connectivity index (χ2v) is 18.0. The quantitative estimate of drug-likeness (QED) is 0.0728. The number of imidazole rings is 2. The number of ketones is 1. The number of alkyl carbamates (subject to hydrolysis) is 1. The molecule has 4 aliphatic rings. The predicted octanol–water partition coefficient (Wildman–Crippen LogP) is 7.29. The number of amides is 3. The molecule has 16 nitrogen and oxygen atoms in total. The molecule has 3 amide bonds. The summed E-state index contributed by atoms with van der Waals surface area (Å²) < 4.78 is 42.2. The fourth-order valence-corrected chi connectivity index (χ4v) is 10.3. The topological polar surface area (TPSA) is 204 Å². The molecule has 3 fully saturated rings. The highest BCUT2D eigenvalue weighted by Gasteiger charge is 2.65. The van der Waals surface area contributed by atoms with Crippen LogP contribution in [0.3, 0.4) is 0 Å². The number of carbonyl (C=O) groups is 4. The van der Waals surface area contributed by atoms with Gasteiger partial charge in [-0.25, -0.2) is 19.6 Å². The molecule has 5 N–H and O–H groups in total. The molecule has 3 unspecified atom stereocenters. The highest BCUT2D eigenvalue weighted by atomic mass is 19.3. The van der Waals surface area contributed by atoms with E-state index in [4.69, 9.17) is 19.4 Å². The third kappa shape index (κ3) is 7.76. The van der Waals surface area contributed by atoms with E-state index < -0.39 is 54.3 Å². The van der Waals surface area contributed by atoms with Crippen molar-refractivity contribution < 1.29 is 47.3 Å². The molecule has 0 saturated carbocycles. The van der Waals surface area contributed by atoms with Gasteiger partial charge in [0.1, 0.15) is 30.0 Å². The number of fused-ring (bicyclic) bond motifs is 7. The summed E-state index contributed by atoms with van der Waals surface area (Å²) in [5.41, 5.74) is 5.89. The first-order chi connectivity index (χ1) is 31.8. The van der Waals surface area contributed by atoms with Crippen LogP contribution < -0.4 is 15.4 Å². The molecule has 0 spiro atoms. The molecular formula is C48H48F2N8O8. The minimum atomic E-state index is -2.98. The summed E-state index contributed by atoms with van der Waals surface area (Å²) in [5.74, 6) is 0.874. The van der Waals surface area contributed by atoms with Crippen molar-refractivity contribution in [1.82, 2.24) is 40.4 Å². The van der Waals surface area contributed by atoms with Gasteiger partial charge in [0.05, 0.1) is 54.3 Å². The van der Waals surface area contributed by atoms with E-state index in [0.29, 0.717) is 54.3 Å². The molecule has 6 aromatic rings. The number of benzene rings is 4. The maximum absolute atomic E-state index is 14.2. The van der Waals surface area contributed by atoms with E-state index in [2.05, 4.69) is 54.5 Å². The van der Waals surface area contributed by atoms with E-state index in [1.54, 1.807) is 30.3 Å². The van der Waals surface area contributed by atoms with Crippen LogP contribution in [-0.2, 0) is 25.7 Å². The lowest BCUT2D eigenvalue weighted by molar-refractivity contribution is -0.139. The van der Waals surface area contributed by atoms with Crippen LogP contribution in [0.4, 0.5) is 18.4 Å². The van der Waals surface area contributed by atoms with Crippen LogP contribution in [0.2, 0.25) is 0 Å². The number of aromatic nitrogens is 4. The average molecular weight is 903 g/mol. The van der Waals surface area contributed by atoms with Crippen molar-refractivity contribution in [3.05, 3.63) is 102 Å². The number of likely N-dealkylation sites (tertiary alicyclic amines) is 1. The zero-order valence-corrected chi connectivity index (χ0v) is 36.3. The number of nitrogens with one attached hydrogen (secondary N) is 4. The van der Waals surface area contributed by atoms with Crippen LogP contribution in [-0.4, -0.2) is 110 Å². The Kier molecular flexibility index (Phi) is 11.0. The Labute approximate surface area is 377 Å². The van der Waals surface area contributed by atoms with E-state index >= 15 is 0 Å². The fraction of sp³-hybridized carbons (Fsp3) is 0.375. The molecule has 7 atom stereocenters. The first kappa shape index (κ1) is 43.0. The number of carboxylic acid groups (broad SMARTS) is 1. The van der Waals surface area contributed by atoms with Gasteiger partial charge in [-0.05, 0) is 70.7 Å². The van der Waals surface area contributed by atoms with Crippen LogP contribution in [0.15, 0.2) is 79.0 Å². The molecule has 342 valence electrons. The van der Waals surface area contributed by atoms with Gasteiger partial charge < -0.3 is 44.8 Å². The minimum Gasteiger partial charge on any atom is -0.488 e. The molecule has 6 heterocycles. The lowest BCUT2D eigenvalue weighted by atomic mass is 9.86. The summed E-state index contributed by atoms with van der Waals surface area (Å²) >= 11 is 0. The third-order valence-corrected chi connectivity index (χ3v) is 13.6. The number of ether oxygens (including phenoxy) is 3. The first-order valence-electron chi connectivity index (χ1n) is 22.0. The van der Waals surface area contributed by atoms with Gasteiger partial charge in [0.25, 0.3) is 5.91 Å². The van der Waals surface area contributed by atoms with Gasteiger partial charge in [-0.15, -0.1) is 0 Å². The van der Waals surface area contributed by atoms with Crippen LogP contribution in [0, 0.1) is 11.8 Å². The molecule has 2 aromatic heterocycles. The van der Waals surface area contributed by atoms with Gasteiger partial charge in [0.2, 0.25) is 0 Å². The van der Waals surface area contributed by atoms with Crippen molar-refractivity contribution in [3.63, 3.8) is 0 Å². The van der Waals surface area contributed by atoms with Gasteiger partial charge in [0, 0.05) is 42.4 Å². The number of nitrogens with zero attached hydrogens (tertiary/aromatic N) is 4. The summed E-state index contributed by atoms with van der Waals surface area (Å²) in [6.07, 6.45) is 0.695. The number of hydrogen-bond donors (Lipinski definition) is 5. The average Bonchev–Trinajstić information content (AvgIpc) is 3.88. The normalized spacial score (nSPS) is 22.7. The predicted molar refractivity (Wildman–Crippen MR) is 237 cm³/mol. The van der Waals surface area contributed by atoms with Crippen molar-refractivity contribution in [2.75, 3.05) is 33.4 Å². The SMILES string of the molecule is COC(=O)NC(C(=O)C12C[C@H](c3ncc(-c4ccc5c(c4)COc4cc6c(ccc7nc([C@@H]8C[C@H](COC(F)F)CN8C(=O)[C@H](NC(=O)O)c8ccccc8)[nH]c76)cc4-5)[nH]3)CN1C2)C(C)C. The lowest BCUT2D eigenvalue weighted by Crippen LogP contribution is -2.50. The van der Waals surface area contributed by atoms with E-state index in [9.17, 15) is 33.1 Å². The van der Waals surface area contributed by atoms with E-state index in [0.717, 1.165) is 44.5 Å². The summed E-state index contributed by atoms with van der Waals surface area (Å²) in [4.78, 5) is 72.2. The zero-order valence-electron chi connectivity index (χ0n) is 36.3. The largest absolute Gasteiger partial charge is 0.488 e. The van der Waals surface area contributed by atoms with Crippen LogP contribution in [0.1, 0.15) is 67.5 Å². The monoisotopic (exact) mass is 902 g/mol. The van der Waals surface area contributed by atoms with Crippen molar-refractivity contribution >= 4 is 45.7 Å². The maximum atomic E-state index is 14.2. The number of hydrogen-bond acceptors (Lipinski definition) is 10. The van der Waals surface area contributed by atoms with Crippen LogP contribution in [0.5, 0.6) is 5.75 Å². The van der Waals surface area contributed by atoms with Gasteiger partial charge in [-0.2, -0.15) is 8.78 Å². The third-order valence-electron chi connectivity index (χ3n) is 13.6. The summed E-state index contributed by atoms with van der Waals surface area (Å²) in [7, 11) is 1.29. The Morgan fingerprint density at radius 1 is 0.985 bits per heavy atom. The number of carbonyl (C=O) groups excluding carboxylic acids is 3. The lowest BCUT2D eigenvalue weighted by Gasteiger charge is -2.28. The van der Waals surface area contributed by atoms with Crippen LogP contribution in [0.25, 0.3) is 44.2 Å². The van der Waals surface area contributed by atoms with E-state index in [-0.39, 0.29) is 37.2 Å². The van der Waals surface area contributed by atoms with Crippen molar-refractivity contribution in [3.8, 4) is 28.1 Å². The van der Waals surface area contributed by atoms with Gasteiger partial charge in [0.15, 0.2) is 5.78 Å². The molecule has 66 heavy (non-hydrogen) atoms.